The van der Waals surface area contributed by atoms with Gasteiger partial charge < -0.3 is 10.1 Å². The number of benzene rings is 1. The molecule has 118 valence electrons. The molecule has 0 radical (unpaired) electrons. The van der Waals surface area contributed by atoms with Crippen LogP contribution in [0.3, 0.4) is 0 Å². The topological polar surface area (TPSA) is 39.1 Å². The van der Waals surface area contributed by atoms with Crippen LogP contribution in [-0.4, -0.2) is 48.0 Å². The number of hydrogen-bond acceptors (Lipinski definition) is 4. The Bertz CT molecular complexity index is 583. The Hall–Kier alpha value is -1.26. The predicted octanol–water partition coefficient (Wildman–Crippen LogP) is 3.09. The van der Waals surface area contributed by atoms with Crippen LogP contribution >= 0.6 is 11.6 Å². The molecule has 4 rings (SSSR count). The Kier molecular flexibility index (Phi) is 3.74. The van der Waals surface area contributed by atoms with Crippen LogP contribution in [0, 0.1) is 11.8 Å². The Labute approximate surface area is 136 Å². The molecular weight excluding hydrogens is 298 g/mol. The van der Waals surface area contributed by atoms with Crippen LogP contribution in [0.1, 0.15) is 19.3 Å². The Morgan fingerprint density at radius 3 is 2.59 bits per heavy atom. The monoisotopic (exact) mass is 319 g/mol. The molecule has 1 aromatic rings. The third-order valence-corrected chi connectivity index (χ3v) is 5.98. The summed E-state index contributed by atoms with van der Waals surface area (Å²) in [6.07, 6.45) is 3.72. The zero-order valence-electron chi connectivity index (χ0n) is 12.7. The second-order valence-corrected chi connectivity index (χ2v) is 7.12. The molecule has 2 saturated carbocycles. The third-order valence-electron chi connectivity index (χ3n) is 5.66. The zero-order chi connectivity index (χ0) is 15.1. The number of halogens is 1. The van der Waals surface area contributed by atoms with E-state index in [1.54, 1.807) is 0 Å². The van der Waals surface area contributed by atoms with Gasteiger partial charge in [-0.2, -0.15) is 0 Å². The lowest BCUT2D eigenvalue weighted by Crippen LogP contribution is -2.54. The summed E-state index contributed by atoms with van der Waals surface area (Å²) in [6, 6.07) is 8.44. The number of para-hydroxylation sites is 1. The minimum atomic E-state index is 0.372. The van der Waals surface area contributed by atoms with Gasteiger partial charge in [0.2, 0.25) is 0 Å². The third kappa shape index (κ3) is 2.29. The molecule has 2 bridgehead atoms. The molecule has 22 heavy (non-hydrogen) atoms. The first kappa shape index (κ1) is 14.3. The molecule has 3 atom stereocenters. The van der Waals surface area contributed by atoms with E-state index in [0.717, 1.165) is 42.6 Å². The van der Waals surface area contributed by atoms with E-state index in [4.69, 9.17) is 11.6 Å². The number of nitrogens with zero attached hydrogens (tertiary/aromatic N) is 3. The first-order chi connectivity index (χ1) is 10.8. The van der Waals surface area contributed by atoms with Gasteiger partial charge in [0.1, 0.15) is 0 Å². The van der Waals surface area contributed by atoms with Gasteiger partial charge in [-0.05, 0) is 37.3 Å². The van der Waals surface area contributed by atoms with Crippen molar-refractivity contribution in [1.29, 1.82) is 0 Å². The molecule has 1 heterocycles. The average molecular weight is 320 g/mol. The molecule has 3 unspecified atom stereocenters. The smallest absolute Gasteiger partial charge is 0.0775 e. The summed E-state index contributed by atoms with van der Waals surface area (Å²) < 4.78 is 0. The number of fused-ring (bicyclic) bond motifs is 2. The van der Waals surface area contributed by atoms with E-state index >= 15 is 0 Å². The lowest BCUT2D eigenvalue weighted by molar-refractivity contribution is 0.181. The standard InChI is InChI=1S/C17H22ClN3O/c18-14-3-1-2-4-15(14)20-7-9-21(10-8-20)17-13-6-5-12(11-13)16(17)19-22/h1-4,12-13,17,22H,5-11H2. The second kappa shape index (κ2) is 5.74. The first-order valence-electron chi connectivity index (χ1n) is 8.23. The molecule has 3 fully saturated rings. The maximum atomic E-state index is 9.39. The molecule has 1 N–H and O–H groups in total. The fraction of sp³-hybridized carbons (Fsp3) is 0.588. The number of oxime groups is 1. The summed E-state index contributed by atoms with van der Waals surface area (Å²) in [5.41, 5.74) is 2.18. The molecular formula is C17H22ClN3O. The van der Waals surface area contributed by atoms with Crippen molar-refractivity contribution in [2.24, 2.45) is 17.0 Å². The van der Waals surface area contributed by atoms with Crippen LogP contribution in [0.15, 0.2) is 29.4 Å². The fourth-order valence-corrected chi connectivity index (χ4v) is 4.89. The SMILES string of the molecule is ON=C1C2CCC(C2)C1N1CCN(c2ccccc2Cl)CC1. The number of piperazine rings is 1. The normalized spacial score (nSPS) is 33.8. The van der Waals surface area contributed by atoms with Gasteiger partial charge in [-0.25, -0.2) is 0 Å². The molecule has 1 aliphatic heterocycles. The van der Waals surface area contributed by atoms with Gasteiger partial charge in [-0.3, -0.25) is 4.90 Å². The van der Waals surface area contributed by atoms with E-state index < -0.39 is 0 Å². The molecule has 1 saturated heterocycles. The van der Waals surface area contributed by atoms with Crippen LogP contribution in [0.5, 0.6) is 0 Å². The van der Waals surface area contributed by atoms with Crippen LogP contribution < -0.4 is 4.90 Å². The van der Waals surface area contributed by atoms with Gasteiger partial charge in [-0.1, -0.05) is 28.9 Å². The van der Waals surface area contributed by atoms with Crippen molar-refractivity contribution in [3.8, 4) is 0 Å². The first-order valence-corrected chi connectivity index (χ1v) is 8.61. The Morgan fingerprint density at radius 1 is 1.09 bits per heavy atom. The van der Waals surface area contributed by atoms with Crippen molar-refractivity contribution in [1.82, 2.24) is 4.90 Å². The predicted molar refractivity (Wildman–Crippen MR) is 89.1 cm³/mol. The molecule has 0 amide bonds. The van der Waals surface area contributed by atoms with Crippen molar-refractivity contribution in [2.45, 2.75) is 25.3 Å². The molecule has 4 nitrogen and oxygen atoms in total. The van der Waals surface area contributed by atoms with Gasteiger partial charge >= 0.3 is 0 Å². The highest BCUT2D eigenvalue weighted by molar-refractivity contribution is 6.33. The molecule has 0 aromatic heterocycles. The van der Waals surface area contributed by atoms with Crippen LogP contribution in [-0.2, 0) is 0 Å². The van der Waals surface area contributed by atoms with Gasteiger partial charge in [0, 0.05) is 32.1 Å². The summed E-state index contributed by atoms with van der Waals surface area (Å²) in [5.74, 6) is 1.23. The molecule has 2 aliphatic carbocycles. The van der Waals surface area contributed by atoms with Crippen molar-refractivity contribution in [3.05, 3.63) is 29.3 Å². The number of rotatable bonds is 2. The van der Waals surface area contributed by atoms with E-state index in [1.807, 2.05) is 18.2 Å². The Morgan fingerprint density at radius 2 is 1.86 bits per heavy atom. The van der Waals surface area contributed by atoms with Crippen molar-refractivity contribution >= 4 is 23.0 Å². The minimum absolute atomic E-state index is 0.372. The number of anilines is 1. The molecule has 5 heteroatoms. The molecule has 3 aliphatic rings. The number of hydrogen-bond donors (Lipinski definition) is 1. The lowest BCUT2D eigenvalue weighted by atomic mass is 9.91. The maximum Gasteiger partial charge on any atom is 0.0775 e. The quantitative estimate of drug-likeness (QED) is 0.672. The van der Waals surface area contributed by atoms with Crippen molar-refractivity contribution in [2.75, 3.05) is 31.1 Å². The molecule has 1 aromatic carbocycles. The highest BCUT2D eigenvalue weighted by Gasteiger charge is 2.48. The second-order valence-electron chi connectivity index (χ2n) is 6.71. The van der Waals surface area contributed by atoms with Crippen LogP contribution in [0.2, 0.25) is 5.02 Å². The minimum Gasteiger partial charge on any atom is -0.411 e. The van der Waals surface area contributed by atoms with Crippen LogP contribution in [0.25, 0.3) is 0 Å². The van der Waals surface area contributed by atoms with E-state index in [2.05, 4.69) is 21.0 Å². The van der Waals surface area contributed by atoms with Gasteiger partial charge in [-0.15, -0.1) is 0 Å². The summed E-state index contributed by atoms with van der Waals surface area (Å²) in [4.78, 5) is 4.88. The maximum absolute atomic E-state index is 9.39. The van der Waals surface area contributed by atoms with Crippen LogP contribution in [0.4, 0.5) is 5.69 Å². The molecule has 0 spiro atoms. The largest absolute Gasteiger partial charge is 0.411 e. The lowest BCUT2D eigenvalue weighted by Gasteiger charge is -2.41. The summed E-state index contributed by atoms with van der Waals surface area (Å²) in [7, 11) is 0. The zero-order valence-corrected chi connectivity index (χ0v) is 13.4. The van der Waals surface area contributed by atoms with E-state index in [-0.39, 0.29) is 0 Å². The summed E-state index contributed by atoms with van der Waals surface area (Å²) in [5, 5.41) is 13.9. The van der Waals surface area contributed by atoms with E-state index in [1.165, 1.54) is 19.3 Å². The average Bonchev–Trinajstić information content (AvgIpc) is 3.16. The van der Waals surface area contributed by atoms with Gasteiger partial charge in [0.25, 0.3) is 0 Å². The summed E-state index contributed by atoms with van der Waals surface area (Å²) >= 11 is 6.31. The highest BCUT2D eigenvalue weighted by atomic mass is 35.5. The van der Waals surface area contributed by atoms with Gasteiger partial charge in [0.05, 0.1) is 22.5 Å². The summed E-state index contributed by atoms with van der Waals surface area (Å²) in [6.45, 7) is 3.99. The van der Waals surface area contributed by atoms with Crippen molar-refractivity contribution < 1.29 is 5.21 Å². The Balaban J connectivity index is 1.45. The van der Waals surface area contributed by atoms with E-state index in [9.17, 15) is 5.21 Å². The fourth-order valence-electron chi connectivity index (χ4n) is 4.63. The highest BCUT2D eigenvalue weighted by Crippen LogP contribution is 2.45. The van der Waals surface area contributed by atoms with Gasteiger partial charge in [0.15, 0.2) is 0 Å². The van der Waals surface area contributed by atoms with Crippen molar-refractivity contribution in [3.63, 3.8) is 0 Å². The van der Waals surface area contributed by atoms with E-state index in [0.29, 0.717) is 17.9 Å².